The summed E-state index contributed by atoms with van der Waals surface area (Å²) < 4.78 is 0. The number of anilines is 1. The number of aryl methyl sites for hydroxylation is 2. The van der Waals surface area contributed by atoms with Crippen LogP contribution in [0.2, 0.25) is 5.02 Å². The van der Waals surface area contributed by atoms with E-state index >= 15 is 0 Å². The Balaban J connectivity index is 2.13. The van der Waals surface area contributed by atoms with Gasteiger partial charge in [-0.05, 0) is 49.7 Å². The highest BCUT2D eigenvalue weighted by molar-refractivity contribution is 6.30. The van der Waals surface area contributed by atoms with E-state index in [9.17, 15) is 5.11 Å². The summed E-state index contributed by atoms with van der Waals surface area (Å²) in [7, 11) is 0. The third-order valence-corrected chi connectivity index (χ3v) is 2.96. The van der Waals surface area contributed by atoms with Gasteiger partial charge >= 0.3 is 0 Å². The van der Waals surface area contributed by atoms with Gasteiger partial charge in [-0.2, -0.15) is 0 Å². The topological polar surface area (TPSA) is 45.1 Å². The first kappa shape index (κ1) is 12.7. The molecule has 0 aliphatic rings. The van der Waals surface area contributed by atoms with Crippen LogP contribution in [0.1, 0.15) is 17.0 Å². The van der Waals surface area contributed by atoms with Gasteiger partial charge < -0.3 is 10.4 Å². The van der Waals surface area contributed by atoms with Crippen LogP contribution in [0.5, 0.6) is 5.75 Å². The molecule has 0 radical (unpaired) electrons. The summed E-state index contributed by atoms with van der Waals surface area (Å²) in [6, 6.07) is 9.10. The maximum absolute atomic E-state index is 9.70. The molecule has 0 fully saturated rings. The van der Waals surface area contributed by atoms with Gasteiger partial charge in [0.2, 0.25) is 0 Å². The van der Waals surface area contributed by atoms with E-state index in [1.54, 1.807) is 12.1 Å². The van der Waals surface area contributed by atoms with Gasteiger partial charge in [0.1, 0.15) is 11.4 Å². The Morgan fingerprint density at radius 2 is 2.00 bits per heavy atom. The van der Waals surface area contributed by atoms with Crippen molar-refractivity contribution in [3.8, 4) is 5.75 Å². The van der Waals surface area contributed by atoms with Gasteiger partial charge in [0.05, 0.1) is 6.54 Å². The smallest absolute Gasteiger partial charge is 0.138 e. The summed E-state index contributed by atoms with van der Waals surface area (Å²) in [5.41, 5.74) is 3.58. The van der Waals surface area contributed by atoms with Crippen LogP contribution >= 0.6 is 11.6 Å². The van der Waals surface area contributed by atoms with Crippen molar-refractivity contribution in [1.29, 1.82) is 0 Å². The van der Waals surface area contributed by atoms with E-state index in [2.05, 4.69) is 10.3 Å². The van der Waals surface area contributed by atoms with Crippen LogP contribution in [0.3, 0.4) is 0 Å². The van der Waals surface area contributed by atoms with Crippen LogP contribution in [-0.2, 0) is 6.54 Å². The Morgan fingerprint density at radius 3 is 2.72 bits per heavy atom. The third kappa shape index (κ3) is 2.93. The van der Waals surface area contributed by atoms with E-state index in [0.29, 0.717) is 12.2 Å². The molecule has 4 heteroatoms. The van der Waals surface area contributed by atoms with E-state index < -0.39 is 0 Å². The largest absolute Gasteiger partial charge is 0.506 e. The lowest BCUT2D eigenvalue weighted by Crippen LogP contribution is -2.04. The number of hydrogen-bond acceptors (Lipinski definition) is 3. The highest BCUT2D eigenvalue weighted by Crippen LogP contribution is 2.21. The molecule has 1 heterocycles. The molecule has 0 bridgehead atoms. The molecular formula is C14H15ClN2O. The highest BCUT2D eigenvalue weighted by atomic mass is 35.5. The van der Waals surface area contributed by atoms with E-state index in [-0.39, 0.29) is 5.75 Å². The summed E-state index contributed by atoms with van der Waals surface area (Å²) in [5, 5.41) is 13.7. The molecule has 18 heavy (non-hydrogen) atoms. The highest BCUT2D eigenvalue weighted by Gasteiger charge is 2.04. The van der Waals surface area contributed by atoms with Crippen molar-refractivity contribution in [2.45, 2.75) is 20.4 Å². The third-order valence-electron chi connectivity index (χ3n) is 2.72. The zero-order valence-electron chi connectivity index (χ0n) is 10.4. The molecular weight excluding hydrogens is 248 g/mol. The predicted molar refractivity (Wildman–Crippen MR) is 74.2 cm³/mol. The summed E-state index contributed by atoms with van der Waals surface area (Å²) in [4.78, 5) is 4.30. The monoisotopic (exact) mass is 262 g/mol. The number of hydrogen-bond donors (Lipinski definition) is 2. The van der Waals surface area contributed by atoms with E-state index in [4.69, 9.17) is 11.6 Å². The Labute approximate surface area is 111 Å². The van der Waals surface area contributed by atoms with Crippen molar-refractivity contribution in [2.75, 3.05) is 5.32 Å². The second-order valence-corrected chi connectivity index (χ2v) is 4.67. The molecule has 0 aliphatic carbocycles. The average Bonchev–Trinajstić information content (AvgIpc) is 2.32. The number of benzene rings is 1. The van der Waals surface area contributed by atoms with Gasteiger partial charge in [-0.15, -0.1) is 0 Å². The summed E-state index contributed by atoms with van der Waals surface area (Å²) in [5.74, 6) is 0.208. The van der Waals surface area contributed by atoms with Gasteiger partial charge in [-0.1, -0.05) is 11.6 Å². The Morgan fingerprint density at radius 1 is 1.22 bits per heavy atom. The number of rotatable bonds is 3. The van der Waals surface area contributed by atoms with Crippen LogP contribution in [0.15, 0.2) is 30.3 Å². The second kappa shape index (κ2) is 5.27. The van der Waals surface area contributed by atoms with Gasteiger partial charge in [0.25, 0.3) is 0 Å². The molecule has 2 N–H and O–H groups in total. The quantitative estimate of drug-likeness (QED) is 0.887. The Kier molecular flexibility index (Phi) is 3.72. The Hall–Kier alpha value is -1.74. The lowest BCUT2D eigenvalue weighted by atomic mass is 10.2. The molecule has 0 atom stereocenters. The molecule has 1 aromatic carbocycles. The van der Waals surface area contributed by atoms with Crippen LogP contribution in [0, 0.1) is 13.8 Å². The zero-order valence-corrected chi connectivity index (χ0v) is 11.1. The lowest BCUT2D eigenvalue weighted by Gasteiger charge is -2.10. The molecule has 3 nitrogen and oxygen atoms in total. The molecule has 2 rings (SSSR count). The first-order valence-electron chi connectivity index (χ1n) is 5.72. The fraction of sp³-hybridized carbons (Fsp3) is 0.214. The number of pyridine rings is 1. The van der Waals surface area contributed by atoms with Crippen LogP contribution < -0.4 is 5.32 Å². The zero-order chi connectivity index (χ0) is 13.1. The second-order valence-electron chi connectivity index (χ2n) is 4.23. The number of aromatic nitrogens is 1. The van der Waals surface area contributed by atoms with E-state index in [0.717, 1.165) is 22.0 Å². The first-order chi connectivity index (χ1) is 8.56. The van der Waals surface area contributed by atoms with Crippen molar-refractivity contribution >= 4 is 17.3 Å². The minimum absolute atomic E-state index is 0.208. The lowest BCUT2D eigenvalue weighted by molar-refractivity contribution is 0.464. The van der Waals surface area contributed by atoms with Gasteiger partial charge in [0.15, 0.2) is 0 Å². The molecule has 0 aliphatic heterocycles. The molecule has 94 valence electrons. The summed E-state index contributed by atoms with van der Waals surface area (Å²) in [6.07, 6.45) is 0. The normalized spacial score (nSPS) is 10.4. The van der Waals surface area contributed by atoms with Gasteiger partial charge in [0, 0.05) is 16.4 Å². The van der Waals surface area contributed by atoms with E-state index in [1.807, 2.05) is 32.0 Å². The number of nitrogens with zero attached hydrogens (tertiary/aromatic N) is 1. The van der Waals surface area contributed by atoms with Gasteiger partial charge in [-0.3, -0.25) is 4.98 Å². The minimum atomic E-state index is 0.208. The summed E-state index contributed by atoms with van der Waals surface area (Å²) >= 11 is 5.90. The number of nitrogens with one attached hydrogen (secondary N) is 1. The minimum Gasteiger partial charge on any atom is -0.506 e. The molecule has 0 spiro atoms. The van der Waals surface area contributed by atoms with Crippen LogP contribution in [-0.4, -0.2) is 10.1 Å². The maximum Gasteiger partial charge on any atom is 0.138 e. The molecule has 0 amide bonds. The molecule has 0 unspecified atom stereocenters. The van der Waals surface area contributed by atoms with Crippen LogP contribution in [0.4, 0.5) is 5.69 Å². The van der Waals surface area contributed by atoms with Crippen molar-refractivity contribution in [3.05, 3.63) is 52.3 Å². The van der Waals surface area contributed by atoms with Crippen molar-refractivity contribution in [2.24, 2.45) is 0 Å². The standard InChI is InChI=1S/C14H15ClN2O/c1-9-7-11(15)4-5-12(9)16-8-13-14(18)6-3-10(2)17-13/h3-7,16,18H,8H2,1-2H3. The fourth-order valence-corrected chi connectivity index (χ4v) is 1.96. The number of aromatic hydroxyl groups is 1. The average molecular weight is 263 g/mol. The van der Waals surface area contributed by atoms with Crippen molar-refractivity contribution in [3.63, 3.8) is 0 Å². The Bertz CT molecular complexity index is 570. The van der Waals surface area contributed by atoms with Crippen molar-refractivity contribution in [1.82, 2.24) is 4.98 Å². The predicted octanol–water partition coefficient (Wildman–Crippen LogP) is 3.67. The number of halogens is 1. The van der Waals surface area contributed by atoms with Gasteiger partial charge in [-0.25, -0.2) is 0 Å². The van der Waals surface area contributed by atoms with Crippen molar-refractivity contribution < 1.29 is 5.11 Å². The maximum atomic E-state index is 9.70. The fourth-order valence-electron chi connectivity index (χ4n) is 1.74. The summed E-state index contributed by atoms with van der Waals surface area (Å²) in [6.45, 7) is 4.37. The molecule has 0 saturated carbocycles. The van der Waals surface area contributed by atoms with E-state index in [1.165, 1.54) is 0 Å². The SMILES string of the molecule is Cc1ccc(O)c(CNc2ccc(Cl)cc2C)n1. The molecule has 0 saturated heterocycles. The van der Waals surface area contributed by atoms with Crippen LogP contribution in [0.25, 0.3) is 0 Å². The molecule has 2 aromatic rings. The first-order valence-corrected chi connectivity index (χ1v) is 6.09. The molecule has 1 aromatic heterocycles.